The van der Waals surface area contributed by atoms with Gasteiger partial charge in [-0.25, -0.2) is 0 Å². The Balaban J connectivity index is 1.52. The van der Waals surface area contributed by atoms with Crippen LogP contribution in [0.25, 0.3) is 0 Å². The summed E-state index contributed by atoms with van der Waals surface area (Å²) in [5, 5.41) is 3.65. The lowest BCUT2D eigenvalue weighted by atomic mass is 10.0. The SMILES string of the molecule is CCCN1CCN(CCCC2CCCCN2)CC1. The predicted molar refractivity (Wildman–Crippen MR) is 78.0 cm³/mol. The quantitative estimate of drug-likeness (QED) is 0.780. The van der Waals surface area contributed by atoms with Gasteiger partial charge in [0.15, 0.2) is 0 Å². The number of hydrogen-bond donors (Lipinski definition) is 1. The summed E-state index contributed by atoms with van der Waals surface area (Å²) in [6.45, 7) is 11.3. The second-order valence-corrected chi connectivity index (χ2v) is 5.97. The van der Waals surface area contributed by atoms with Crippen LogP contribution in [0.15, 0.2) is 0 Å². The molecule has 0 radical (unpaired) electrons. The molecule has 1 N–H and O–H groups in total. The summed E-state index contributed by atoms with van der Waals surface area (Å²) in [5.41, 5.74) is 0. The van der Waals surface area contributed by atoms with Crippen LogP contribution in [0.5, 0.6) is 0 Å². The largest absolute Gasteiger partial charge is 0.314 e. The summed E-state index contributed by atoms with van der Waals surface area (Å²) in [4.78, 5) is 5.27. The standard InChI is InChI=1S/C15H31N3/c1-2-9-17-11-13-18(14-12-17)10-5-7-15-6-3-4-8-16-15/h15-16H,2-14H2,1H3. The first kappa shape index (κ1) is 14.3. The van der Waals surface area contributed by atoms with Crippen molar-refractivity contribution in [1.29, 1.82) is 0 Å². The van der Waals surface area contributed by atoms with E-state index in [1.807, 2.05) is 0 Å². The molecule has 0 saturated carbocycles. The van der Waals surface area contributed by atoms with E-state index in [2.05, 4.69) is 22.0 Å². The monoisotopic (exact) mass is 253 g/mol. The van der Waals surface area contributed by atoms with E-state index in [0.29, 0.717) is 0 Å². The summed E-state index contributed by atoms with van der Waals surface area (Å²) in [5.74, 6) is 0. The Morgan fingerprint density at radius 2 is 1.72 bits per heavy atom. The van der Waals surface area contributed by atoms with Crippen LogP contribution in [0.1, 0.15) is 45.4 Å². The van der Waals surface area contributed by atoms with Crippen molar-refractivity contribution in [2.45, 2.75) is 51.5 Å². The number of piperazine rings is 1. The minimum Gasteiger partial charge on any atom is -0.314 e. The van der Waals surface area contributed by atoms with Gasteiger partial charge >= 0.3 is 0 Å². The second-order valence-electron chi connectivity index (χ2n) is 5.97. The van der Waals surface area contributed by atoms with Crippen molar-refractivity contribution in [3.8, 4) is 0 Å². The zero-order chi connectivity index (χ0) is 12.6. The van der Waals surface area contributed by atoms with Crippen LogP contribution < -0.4 is 5.32 Å². The van der Waals surface area contributed by atoms with Gasteiger partial charge in [-0.1, -0.05) is 13.3 Å². The van der Waals surface area contributed by atoms with Gasteiger partial charge in [-0.3, -0.25) is 0 Å². The summed E-state index contributed by atoms with van der Waals surface area (Å²) in [7, 11) is 0. The highest BCUT2D eigenvalue weighted by Gasteiger charge is 2.17. The second kappa shape index (κ2) is 8.13. The normalized spacial score (nSPS) is 27.5. The van der Waals surface area contributed by atoms with Gasteiger partial charge in [-0.2, -0.15) is 0 Å². The maximum absolute atomic E-state index is 3.65. The molecule has 2 saturated heterocycles. The number of hydrogen-bond acceptors (Lipinski definition) is 3. The molecule has 2 rings (SSSR count). The molecule has 18 heavy (non-hydrogen) atoms. The summed E-state index contributed by atoms with van der Waals surface area (Å²) < 4.78 is 0. The molecule has 0 bridgehead atoms. The first-order valence-electron chi connectivity index (χ1n) is 8.06. The van der Waals surface area contributed by atoms with Gasteiger partial charge in [-0.05, 0) is 51.7 Å². The van der Waals surface area contributed by atoms with Crippen LogP contribution in [-0.2, 0) is 0 Å². The fraction of sp³-hybridized carbons (Fsp3) is 1.00. The Hall–Kier alpha value is -0.120. The lowest BCUT2D eigenvalue weighted by molar-refractivity contribution is 0.129. The lowest BCUT2D eigenvalue weighted by Crippen LogP contribution is -2.46. The maximum atomic E-state index is 3.65. The molecular weight excluding hydrogens is 222 g/mol. The molecule has 0 amide bonds. The number of piperidine rings is 1. The van der Waals surface area contributed by atoms with Crippen molar-refractivity contribution in [2.24, 2.45) is 0 Å². The first-order valence-corrected chi connectivity index (χ1v) is 8.06. The summed E-state index contributed by atoms with van der Waals surface area (Å²) in [6, 6.07) is 0.820. The predicted octanol–water partition coefficient (Wildman–Crippen LogP) is 1.94. The average molecular weight is 253 g/mol. The Labute approximate surface area is 113 Å². The van der Waals surface area contributed by atoms with Gasteiger partial charge in [0, 0.05) is 32.2 Å². The molecule has 0 aromatic rings. The highest BCUT2D eigenvalue weighted by atomic mass is 15.3. The van der Waals surface area contributed by atoms with Crippen LogP contribution in [0.2, 0.25) is 0 Å². The molecule has 3 heteroatoms. The molecule has 2 aliphatic rings. The smallest absolute Gasteiger partial charge is 0.0110 e. The summed E-state index contributed by atoms with van der Waals surface area (Å²) >= 11 is 0. The third-order valence-corrected chi connectivity index (χ3v) is 4.44. The third-order valence-electron chi connectivity index (χ3n) is 4.44. The molecule has 2 fully saturated rings. The molecule has 1 atom stereocenters. The molecule has 0 aromatic heterocycles. The Morgan fingerprint density at radius 3 is 2.33 bits per heavy atom. The van der Waals surface area contributed by atoms with Crippen molar-refractivity contribution in [3.63, 3.8) is 0 Å². The van der Waals surface area contributed by atoms with Crippen molar-refractivity contribution < 1.29 is 0 Å². The summed E-state index contributed by atoms with van der Waals surface area (Å²) in [6.07, 6.45) is 8.29. The van der Waals surface area contributed by atoms with E-state index >= 15 is 0 Å². The average Bonchev–Trinajstić information content (AvgIpc) is 2.42. The molecule has 0 aromatic carbocycles. The third kappa shape index (κ3) is 4.87. The molecule has 2 heterocycles. The Morgan fingerprint density at radius 1 is 1.00 bits per heavy atom. The fourth-order valence-corrected chi connectivity index (χ4v) is 3.28. The molecule has 2 aliphatic heterocycles. The van der Waals surface area contributed by atoms with Gasteiger partial charge in [0.25, 0.3) is 0 Å². The number of rotatable bonds is 6. The fourth-order valence-electron chi connectivity index (χ4n) is 3.28. The molecule has 0 spiro atoms. The van der Waals surface area contributed by atoms with Gasteiger partial charge in [0.2, 0.25) is 0 Å². The highest BCUT2D eigenvalue weighted by Crippen LogP contribution is 2.12. The first-order chi connectivity index (χ1) is 8.88. The van der Waals surface area contributed by atoms with E-state index in [1.54, 1.807) is 0 Å². The topological polar surface area (TPSA) is 18.5 Å². The minimum absolute atomic E-state index is 0.820. The van der Waals surface area contributed by atoms with Crippen molar-refractivity contribution >= 4 is 0 Å². The van der Waals surface area contributed by atoms with Gasteiger partial charge < -0.3 is 15.1 Å². The van der Waals surface area contributed by atoms with E-state index in [9.17, 15) is 0 Å². The van der Waals surface area contributed by atoms with Gasteiger partial charge in [-0.15, -0.1) is 0 Å². The van der Waals surface area contributed by atoms with E-state index in [1.165, 1.54) is 84.3 Å². The van der Waals surface area contributed by atoms with Crippen molar-refractivity contribution in [2.75, 3.05) is 45.8 Å². The Bertz CT molecular complexity index is 206. The van der Waals surface area contributed by atoms with E-state index in [0.717, 1.165) is 6.04 Å². The molecule has 0 aliphatic carbocycles. The van der Waals surface area contributed by atoms with Crippen LogP contribution >= 0.6 is 0 Å². The van der Waals surface area contributed by atoms with Crippen LogP contribution in [0.4, 0.5) is 0 Å². The van der Waals surface area contributed by atoms with Gasteiger partial charge in [0.1, 0.15) is 0 Å². The van der Waals surface area contributed by atoms with Gasteiger partial charge in [0.05, 0.1) is 0 Å². The Kier molecular flexibility index (Phi) is 6.46. The number of nitrogens with one attached hydrogen (secondary N) is 1. The maximum Gasteiger partial charge on any atom is 0.0110 e. The molecule has 3 nitrogen and oxygen atoms in total. The van der Waals surface area contributed by atoms with Crippen molar-refractivity contribution in [3.05, 3.63) is 0 Å². The van der Waals surface area contributed by atoms with E-state index in [4.69, 9.17) is 0 Å². The van der Waals surface area contributed by atoms with Crippen LogP contribution in [-0.4, -0.2) is 61.7 Å². The zero-order valence-corrected chi connectivity index (χ0v) is 12.2. The van der Waals surface area contributed by atoms with E-state index < -0.39 is 0 Å². The number of nitrogens with zero attached hydrogens (tertiary/aromatic N) is 2. The molecular formula is C15H31N3. The van der Waals surface area contributed by atoms with Crippen LogP contribution in [0.3, 0.4) is 0 Å². The van der Waals surface area contributed by atoms with Crippen LogP contribution in [0, 0.1) is 0 Å². The highest BCUT2D eigenvalue weighted by molar-refractivity contribution is 4.75. The lowest BCUT2D eigenvalue weighted by Gasteiger charge is -2.35. The van der Waals surface area contributed by atoms with E-state index in [-0.39, 0.29) is 0 Å². The zero-order valence-electron chi connectivity index (χ0n) is 12.2. The molecule has 106 valence electrons. The van der Waals surface area contributed by atoms with Crippen molar-refractivity contribution in [1.82, 2.24) is 15.1 Å². The minimum atomic E-state index is 0.820. The molecule has 1 unspecified atom stereocenters.